The lowest BCUT2D eigenvalue weighted by atomic mass is 10.2. The molecule has 1 aromatic carbocycles. The first kappa shape index (κ1) is 14.7. The Balaban J connectivity index is 1.90. The smallest absolute Gasteiger partial charge is 0.346 e. The highest BCUT2D eigenvalue weighted by Gasteiger charge is 2.14. The van der Waals surface area contributed by atoms with Gasteiger partial charge in [-0.2, -0.15) is 4.99 Å². The Morgan fingerprint density at radius 2 is 2.14 bits per heavy atom. The van der Waals surface area contributed by atoms with Crippen LogP contribution in [0.3, 0.4) is 0 Å². The number of nitrogens with zero attached hydrogens (tertiary/aromatic N) is 3. The molecule has 1 aliphatic heterocycles. The minimum absolute atomic E-state index is 0.0341. The van der Waals surface area contributed by atoms with E-state index < -0.39 is 11.0 Å². The Labute approximate surface area is 122 Å². The standard InChI is InChI=1S/C14H16N4O3/c1-17-10-2-3-13(17)16-14(19)15-9-8-11-4-6-12(7-5-11)18(20)21/h4-9H,2-3,10H2,1H3,(H,15,19). The van der Waals surface area contributed by atoms with Crippen LogP contribution in [0.1, 0.15) is 18.4 Å². The van der Waals surface area contributed by atoms with Crippen LogP contribution in [-0.4, -0.2) is 35.3 Å². The van der Waals surface area contributed by atoms with Crippen molar-refractivity contribution in [2.75, 3.05) is 13.6 Å². The van der Waals surface area contributed by atoms with E-state index in [1.165, 1.54) is 18.3 Å². The number of amides is 2. The van der Waals surface area contributed by atoms with E-state index in [0.29, 0.717) is 0 Å². The molecule has 0 radical (unpaired) electrons. The molecule has 2 rings (SSSR count). The number of likely N-dealkylation sites (tertiary alicyclic amines) is 1. The molecule has 1 aliphatic rings. The van der Waals surface area contributed by atoms with Crippen LogP contribution in [0.2, 0.25) is 0 Å². The normalized spacial score (nSPS) is 16.6. The van der Waals surface area contributed by atoms with Gasteiger partial charge >= 0.3 is 6.03 Å². The second-order valence-corrected chi connectivity index (χ2v) is 4.68. The zero-order chi connectivity index (χ0) is 15.2. The highest BCUT2D eigenvalue weighted by molar-refractivity contribution is 5.94. The summed E-state index contributed by atoms with van der Waals surface area (Å²) in [7, 11) is 1.91. The zero-order valence-corrected chi connectivity index (χ0v) is 11.7. The van der Waals surface area contributed by atoms with Gasteiger partial charge in [0.05, 0.1) is 4.92 Å². The first-order chi connectivity index (χ1) is 10.1. The molecule has 7 heteroatoms. The average Bonchev–Trinajstić information content (AvgIpc) is 2.85. The first-order valence-corrected chi connectivity index (χ1v) is 6.56. The molecule has 1 heterocycles. The molecular formula is C14H16N4O3. The zero-order valence-electron chi connectivity index (χ0n) is 11.7. The summed E-state index contributed by atoms with van der Waals surface area (Å²) in [5, 5.41) is 13.1. The van der Waals surface area contributed by atoms with Crippen LogP contribution < -0.4 is 5.32 Å². The van der Waals surface area contributed by atoms with Crippen LogP contribution in [0.25, 0.3) is 6.08 Å². The Morgan fingerprint density at radius 1 is 1.43 bits per heavy atom. The van der Waals surface area contributed by atoms with E-state index in [4.69, 9.17) is 0 Å². The summed E-state index contributed by atoms with van der Waals surface area (Å²) in [5.74, 6) is 0.788. The van der Waals surface area contributed by atoms with Gasteiger partial charge in [0.2, 0.25) is 0 Å². The molecule has 0 spiro atoms. The summed E-state index contributed by atoms with van der Waals surface area (Å²) in [6.07, 6.45) is 4.96. The fourth-order valence-electron chi connectivity index (χ4n) is 2.00. The molecule has 21 heavy (non-hydrogen) atoms. The first-order valence-electron chi connectivity index (χ1n) is 6.56. The van der Waals surface area contributed by atoms with E-state index >= 15 is 0 Å². The predicted molar refractivity (Wildman–Crippen MR) is 80.0 cm³/mol. The van der Waals surface area contributed by atoms with Gasteiger partial charge in [0.25, 0.3) is 5.69 Å². The number of carbonyl (C=O) groups is 1. The second kappa shape index (κ2) is 6.65. The Bertz CT molecular complexity index is 593. The van der Waals surface area contributed by atoms with Gasteiger partial charge in [0, 0.05) is 38.3 Å². The van der Waals surface area contributed by atoms with Gasteiger partial charge < -0.3 is 10.2 Å². The van der Waals surface area contributed by atoms with E-state index in [1.54, 1.807) is 18.2 Å². The van der Waals surface area contributed by atoms with Crippen LogP contribution in [0.5, 0.6) is 0 Å². The number of non-ortho nitro benzene ring substituents is 1. The van der Waals surface area contributed by atoms with Crippen LogP contribution in [0.4, 0.5) is 10.5 Å². The number of amidine groups is 1. The van der Waals surface area contributed by atoms with Crippen molar-refractivity contribution in [3.05, 3.63) is 46.1 Å². The molecule has 0 saturated carbocycles. The van der Waals surface area contributed by atoms with Gasteiger partial charge in [-0.3, -0.25) is 10.1 Å². The molecule has 0 bridgehead atoms. The van der Waals surface area contributed by atoms with Gasteiger partial charge in [0.15, 0.2) is 0 Å². The highest BCUT2D eigenvalue weighted by atomic mass is 16.6. The predicted octanol–water partition coefficient (Wildman–Crippen LogP) is 2.40. The molecule has 7 nitrogen and oxygen atoms in total. The van der Waals surface area contributed by atoms with E-state index in [-0.39, 0.29) is 5.69 Å². The van der Waals surface area contributed by atoms with Crippen molar-refractivity contribution >= 4 is 23.6 Å². The van der Waals surface area contributed by atoms with Gasteiger partial charge in [-0.1, -0.05) is 0 Å². The van der Waals surface area contributed by atoms with E-state index in [1.807, 2.05) is 11.9 Å². The van der Waals surface area contributed by atoms with Crippen molar-refractivity contribution in [3.8, 4) is 0 Å². The lowest BCUT2D eigenvalue weighted by molar-refractivity contribution is -0.384. The lowest BCUT2D eigenvalue weighted by Crippen LogP contribution is -2.23. The van der Waals surface area contributed by atoms with Gasteiger partial charge in [-0.05, 0) is 30.2 Å². The van der Waals surface area contributed by atoms with Crippen LogP contribution in [0.15, 0.2) is 35.5 Å². The summed E-state index contributed by atoms with van der Waals surface area (Å²) in [6.45, 7) is 0.921. The number of benzene rings is 1. The number of aliphatic imine (C=N–C) groups is 1. The maximum absolute atomic E-state index is 11.6. The maximum atomic E-state index is 11.6. The third-order valence-electron chi connectivity index (χ3n) is 3.15. The molecular weight excluding hydrogens is 272 g/mol. The summed E-state index contributed by atoms with van der Waals surface area (Å²) in [6, 6.07) is 5.62. The summed E-state index contributed by atoms with van der Waals surface area (Å²) in [4.78, 5) is 27.6. The van der Waals surface area contributed by atoms with Crippen LogP contribution >= 0.6 is 0 Å². The molecule has 1 saturated heterocycles. The molecule has 1 N–H and O–H groups in total. The van der Waals surface area contributed by atoms with Crippen molar-refractivity contribution < 1.29 is 9.72 Å². The van der Waals surface area contributed by atoms with Crippen molar-refractivity contribution in [1.29, 1.82) is 0 Å². The number of nitro groups is 1. The fourth-order valence-corrected chi connectivity index (χ4v) is 2.00. The van der Waals surface area contributed by atoms with Crippen LogP contribution in [-0.2, 0) is 0 Å². The van der Waals surface area contributed by atoms with E-state index in [0.717, 1.165) is 30.8 Å². The number of hydrogen-bond acceptors (Lipinski definition) is 3. The van der Waals surface area contributed by atoms with Gasteiger partial charge in [-0.15, -0.1) is 0 Å². The fraction of sp³-hybridized carbons (Fsp3) is 0.286. The van der Waals surface area contributed by atoms with Crippen LogP contribution in [0, 0.1) is 10.1 Å². The number of hydrogen-bond donors (Lipinski definition) is 1. The molecule has 0 aliphatic carbocycles. The average molecular weight is 288 g/mol. The van der Waals surface area contributed by atoms with Crippen molar-refractivity contribution in [2.45, 2.75) is 12.8 Å². The lowest BCUT2D eigenvalue weighted by Gasteiger charge is -2.09. The second-order valence-electron chi connectivity index (χ2n) is 4.68. The third kappa shape index (κ3) is 4.13. The minimum atomic E-state index is -0.455. The Morgan fingerprint density at radius 3 is 2.71 bits per heavy atom. The SMILES string of the molecule is CN1CCCC1=NC(=O)NC=Cc1ccc([N+](=O)[O-])cc1. The third-order valence-corrected chi connectivity index (χ3v) is 3.15. The van der Waals surface area contributed by atoms with Crippen molar-refractivity contribution in [1.82, 2.24) is 10.2 Å². The summed E-state index contributed by atoms with van der Waals surface area (Å²) < 4.78 is 0. The molecule has 0 aromatic heterocycles. The maximum Gasteiger partial charge on any atom is 0.346 e. The largest absolute Gasteiger partial charge is 0.363 e. The van der Waals surface area contributed by atoms with E-state index in [9.17, 15) is 14.9 Å². The topological polar surface area (TPSA) is 87.8 Å². The van der Waals surface area contributed by atoms with Crippen molar-refractivity contribution in [3.63, 3.8) is 0 Å². The molecule has 0 unspecified atom stereocenters. The number of rotatable bonds is 3. The molecule has 110 valence electrons. The summed E-state index contributed by atoms with van der Waals surface area (Å²) >= 11 is 0. The van der Waals surface area contributed by atoms with Gasteiger partial charge in [0.1, 0.15) is 5.84 Å². The number of nitro benzene ring substituents is 1. The van der Waals surface area contributed by atoms with E-state index in [2.05, 4.69) is 10.3 Å². The monoisotopic (exact) mass is 288 g/mol. The highest BCUT2D eigenvalue weighted by Crippen LogP contribution is 2.12. The Hall–Kier alpha value is -2.70. The number of nitrogens with one attached hydrogen (secondary N) is 1. The van der Waals surface area contributed by atoms with Gasteiger partial charge in [-0.25, -0.2) is 4.79 Å². The molecule has 0 atom stereocenters. The number of urea groups is 1. The van der Waals surface area contributed by atoms with Crippen molar-refractivity contribution in [2.24, 2.45) is 4.99 Å². The molecule has 1 fully saturated rings. The summed E-state index contributed by atoms with van der Waals surface area (Å²) in [5.41, 5.74) is 0.790. The quantitative estimate of drug-likeness (QED) is 0.683. The molecule has 2 amide bonds. The minimum Gasteiger partial charge on any atom is -0.363 e. The Kier molecular flexibility index (Phi) is 4.65. The number of carbonyl (C=O) groups excluding carboxylic acids is 1. The molecule has 1 aromatic rings.